The Kier molecular flexibility index (Phi) is 4.10. The smallest absolute Gasteiger partial charge is 0.305 e. The summed E-state index contributed by atoms with van der Waals surface area (Å²) in [4.78, 5) is 23.7. The Morgan fingerprint density at radius 1 is 1.36 bits per heavy atom. The number of nitrogens with zero attached hydrogens (tertiary/aromatic N) is 1. The van der Waals surface area contributed by atoms with Crippen LogP contribution in [0.1, 0.15) is 34.1 Å². The largest absolute Gasteiger partial charge is 0.481 e. The number of amides is 1. The number of hydrogen-bond donors (Lipinski definition) is 1. The van der Waals surface area contributed by atoms with E-state index in [0.717, 1.165) is 0 Å². The summed E-state index contributed by atoms with van der Waals surface area (Å²) in [5.74, 6) is -0.919. The lowest BCUT2D eigenvalue weighted by atomic mass is 9.94. The number of hydrogen-bond acceptors (Lipinski definition) is 2. The second-order valence-electron chi connectivity index (χ2n) is 4.61. The summed E-state index contributed by atoms with van der Waals surface area (Å²) in [6.07, 6.45) is -0.0156. The van der Waals surface area contributed by atoms with E-state index in [0.29, 0.717) is 0 Å². The van der Waals surface area contributed by atoms with Crippen LogP contribution >= 0.6 is 0 Å². The van der Waals surface area contributed by atoms with Crippen molar-refractivity contribution in [2.24, 2.45) is 5.41 Å². The Morgan fingerprint density at radius 2 is 1.79 bits per heavy atom. The summed E-state index contributed by atoms with van der Waals surface area (Å²) in [7, 11) is 1.64. The lowest BCUT2D eigenvalue weighted by Gasteiger charge is -2.30. The maximum absolute atomic E-state index is 11.7. The first-order chi connectivity index (χ1) is 6.16. The molecular weight excluding hydrogens is 182 g/mol. The van der Waals surface area contributed by atoms with Crippen molar-refractivity contribution >= 4 is 11.9 Å². The van der Waals surface area contributed by atoms with Gasteiger partial charge in [0.25, 0.3) is 0 Å². The minimum Gasteiger partial charge on any atom is -0.481 e. The molecule has 0 aliphatic rings. The minimum atomic E-state index is -0.883. The van der Waals surface area contributed by atoms with Gasteiger partial charge in [0.2, 0.25) is 5.91 Å². The van der Waals surface area contributed by atoms with Gasteiger partial charge in [0.05, 0.1) is 6.42 Å². The Hall–Kier alpha value is -1.06. The number of rotatable bonds is 3. The fraction of sp³-hybridized carbons (Fsp3) is 0.800. The molecule has 1 amide bonds. The first kappa shape index (κ1) is 12.9. The highest BCUT2D eigenvalue weighted by atomic mass is 16.4. The fourth-order valence-corrected chi connectivity index (χ4v) is 1.12. The van der Waals surface area contributed by atoms with Crippen LogP contribution in [-0.2, 0) is 9.59 Å². The number of aliphatic carboxylic acids is 1. The second-order valence-corrected chi connectivity index (χ2v) is 4.61. The topological polar surface area (TPSA) is 57.6 Å². The van der Waals surface area contributed by atoms with Gasteiger partial charge < -0.3 is 10.0 Å². The summed E-state index contributed by atoms with van der Waals surface area (Å²) in [5.41, 5.74) is -0.457. The van der Waals surface area contributed by atoms with Gasteiger partial charge in [-0.3, -0.25) is 9.59 Å². The number of carbonyl (C=O) groups is 2. The lowest BCUT2D eigenvalue weighted by molar-refractivity contribution is -0.143. The van der Waals surface area contributed by atoms with Crippen LogP contribution < -0.4 is 0 Å². The van der Waals surface area contributed by atoms with E-state index in [2.05, 4.69) is 0 Å². The quantitative estimate of drug-likeness (QED) is 0.750. The zero-order valence-electron chi connectivity index (χ0n) is 9.50. The van der Waals surface area contributed by atoms with Crippen molar-refractivity contribution in [3.8, 4) is 0 Å². The predicted molar refractivity (Wildman–Crippen MR) is 53.9 cm³/mol. The van der Waals surface area contributed by atoms with Crippen LogP contribution in [0.2, 0.25) is 0 Å². The van der Waals surface area contributed by atoms with Gasteiger partial charge in [0.15, 0.2) is 0 Å². The molecule has 1 N–H and O–H groups in total. The van der Waals surface area contributed by atoms with Gasteiger partial charge >= 0.3 is 5.97 Å². The maximum atomic E-state index is 11.7. The Labute approximate surface area is 84.9 Å². The number of carboxylic acid groups (broad SMARTS) is 1. The maximum Gasteiger partial charge on any atom is 0.305 e. The van der Waals surface area contributed by atoms with Gasteiger partial charge in [0.1, 0.15) is 0 Å². The molecular formula is C10H19NO3. The molecule has 4 nitrogen and oxygen atoms in total. The number of carboxylic acids is 1. The van der Waals surface area contributed by atoms with E-state index in [-0.39, 0.29) is 18.4 Å². The summed E-state index contributed by atoms with van der Waals surface area (Å²) < 4.78 is 0. The van der Waals surface area contributed by atoms with Crippen LogP contribution in [0, 0.1) is 5.41 Å². The van der Waals surface area contributed by atoms with Crippen LogP contribution in [0.5, 0.6) is 0 Å². The Balaban J connectivity index is 4.39. The molecule has 1 unspecified atom stereocenters. The van der Waals surface area contributed by atoms with Gasteiger partial charge in [-0.2, -0.15) is 0 Å². The first-order valence-electron chi connectivity index (χ1n) is 4.65. The van der Waals surface area contributed by atoms with E-state index in [1.807, 2.05) is 20.8 Å². The van der Waals surface area contributed by atoms with Crippen LogP contribution in [0.3, 0.4) is 0 Å². The second kappa shape index (κ2) is 4.44. The molecule has 0 aromatic carbocycles. The molecule has 4 heteroatoms. The monoisotopic (exact) mass is 201 g/mol. The molecule has 0 radical (unpaired) electrons. The van der Waals surface area contributed by atoms with E-state index in [4.69, 9.17) is 5.11 Å². The van der Waals surface area contributed by atoms with Gasteiger partial charge in [0, 0.05) is 18.5 Å². The first-order valence-corrected chi connectivity index (χ1v) is 4.65. The highest BCUT2D eigenvalue weighted by Gasteiger charge is 2.28. The lowest BCUT2D eigenvalue weighted by Crippen LogP contribution is -2.42. The summed E-state index contributed by atoms with van der Waals surface area (Å²) in [5, 5.41) is 8.58. The third-order valence-electron chi connectivity index (χ3n) is 2.09. The van der Waals surface area contributed by atoms with Crippen LogP contribution in [0.15, 0.2) is 0 Å². The van der Waals surface area contributed by atoms with Crippen LogP contribution in [-0.4, -0.2) is 35.0 Å². The fourth-order valence-electron chi connectivity index (χ4n) is 1.12. The van der Waals surface area contributed by atoms with Crippen LogP contribution in [0.4, 0.5) is 0 Å². The van der Waals surface area contributed by atoms with Crippen molar-refractivity contribution in [2.45, 2.75) is 40.2 Å². The van der Waals surface area contributed by atoms with Crippen molar-refractivity contribution in [1.29, 1.82) is 0 Å². The highest BCUT2D eigenvalue weighted by Crippen LogP contribution is 2.18. The Bertz CT molecular complexity index is 230. The van der Waals surface area contributed by atoms with E-state index in [1.165, 1.54) is 4.90 Å². The van der Waals surface area contributed by atoms with E-state index in [1.54, 1.807) is 14.0 Å². The van der Waals surface area contributed by atoms with Crippen molar-refractivity contribution in [2.75, 3.05) is 7.05 Å². The third kappa shape index (κ3) is 3.77. The SMILES string of the molecule is CC(CC(=O)O)N(C)C(=O)C(C)(C)C. The Morgan fingerprint density at radius 3 is 2.07 bits per heavy atom. The van der Waals surface area contributed by atoms with Crippen molar-refractivity contribution in [3.63, 3.8) is 0 Å². The molecule has 0 heterocycles. The average molecular weight is 201 g/mol. The summed E-state index contributed by atoms with van der Waals surface area (Å²) in [6, 6.07) is -0.265. The molecule has 1 atom stereocenters. The van der Waals surface area contributed by atoms with Gasteiger partial charge in [-0.15, -0.1) is 0 Å². The molecule has 0 aromatic heterocycles. The molecule has 0 bridgehead atoms. The molecule has 0 aliphatic heterocycles. The van der Waals surface area contributed by atoms with Crippen LogP contribution in [0.25, 0.3) is 0 Å². The van der Waals surface area contributed by atoms with E-state index < -0.39 is 11.4 Å². The third-order valence-corrected chi connectivity index (χ3v) is 2.09. The predicted octanol–water partition coefficient (Wildman–Crippen LogP) is 1.35. The molecule has 0 saturated heterocycles. The molecule has 0 fully saturated rings. The van der Waals surface area contributed by atoms with Gasteiger partial charge in [-0.1, -0.05) is 20.8 Å². The zero-order valence-corrected chi connectivity index (χ0v) is 9.50. The summed E-state index contributed by atoms with van der Waals surface area (Å²) in [6.45, 7) is 7.19. The van der Waals surface area contributed by atoms with Gasteiger partial charge in [-0.25, -0.2) is 0 Å². The number of carbonyl (C=O) groups excluding carboxylic acids is 1. The molecule has 0 spiro atoms. The van der Waals surface area contributed by atoms with E-state index >= 15 is 0 Å². The normalized spacial score (nSPS) is 13.5. The van der Waals surface area contributed by atoms with E-state index in [9.17, 15) is 9.59 Å². The average Bonchev–Trinajstić information content (AvgIpc) is 1.98. The molecule has 0 saturated carbocycles. The van der Waals surface area contributed by atoms with Gasteiger partial charge in [-0.05, 0) is 6.92 Å². The molecule has 82 valence electrons. The van der Waals surface area contributed by atoms with Crippen molar-refractivity contribution < 1.29 is 14.7 Å². The molecule has 0 aliphatic carbocycles. The summed E-state index contributed by atoms with van der Waals surface area (Å²) >= 11 is 0. The van der Waals surface area contributed by atoms with Crippen molar-refractivity contribution in [1.82, 2.24) is 4.90 Å². The minimum absolute atomic E-state index is 0.0156. The molecule has 14 heavy (non-hydrogen) atoms. The standard InChI is InChI=1S/C10H19NO3/c1-7(6-8(12)13)11(5)9(14)10(2,3)4/h7H,6H2,1-5H3,(H,12,13). The van der Waals surface area contributed by atoms with Crippen molar-refractivity contribution in [3.05, 3.63) is 0 Å². The molecule has 0 aromatic rings. The highest BCUT2D eigenvalue weighted by molar-refractivity contribution is 5.82. The molecule has 0 rings (SSSR count). The zero-order chi connectivity index (χ0) is 11.5.